The summed E-state index contributed by atoms with van der Waals surface area (Å²) in [6.45, 7) is 0. The van der Waals surface area contributed by atoms with E-state index in [2.05, 4.69) is 5.32 Å². The average Bonchev–Trinajstić information content (AvgIpc) is 3.12. The Morgan fingerprint density at radius 3 is 2.16 bits per heavy atom. The maximum atomic E-state index is 13.1. The number of nitrogens with one attached hydrogen (secondary N) is 1. The smallest absolute Gasteiger partial charge is 0.277 e. The van der Waals surface area contributed by atoms with Crippen LogP contribution in [0.5, 0.6) is 11.5 Å². The van der Waals surface area contributed by atoms with Gasteiger partial charge in [-0.2, -0.15) is 0 Å². The molecular weight excluding hydrogens is 404 g/mol. The highest BCUT2D eigenvalue weighted by atomic mass is 16.6. The third-order valence-corrected chi connectivity index (χ3v) is 6.18. The van der Waals surface area contributed by atoms with Gasteiger partial charge in [0.2, 0.25) is 0 Å². The number of rotatable bonds is 2. The molecular formula is C26H16N2O4. The first-order valence-corrected chi connectivity index (χ1v) is 10.2. The molecule has 0 aliphatic carbocycles. The summed E-state index contributed by atoms with van der Waals surface area (Å²) in [6, 6.07) is 27.1. The zero-order chi connectivity index (χ0) is 21.9. The molecule has 32 heavy (non-hydrogen) atoms. The van der Waals surface area contributed by atoms with Gasteiger partial charge >= 0.3 is 0 Å². The molecule has 1 amide bonds. The molecule has 1 spiro atoms. The molecule has 1 atom stereocenters. The van der Waals surface area contributed by atoms with Gasteiger partial charge in [-0.15, -0.1) is 0 Å². The third kappa shape index (κ3) is 2.32. The van der Waals surface area contributed by atoms with Crippen molar-refractivity contribution in [3.63, 3.8) is 0 Å². The number of hydrogen-bond acceptors (Lipinski definition) is 4. The van der Waals surface area contributed by atoms with E-state index in [-0.39, 0.29) is 16.5 Å². The van der Waals surface area contributed by atoms with Gasteiger partial charge in [0.15, 0.2) is 0 Å². The lowest BCUT2D eigenvalue weighted by molar-refractivity contribution is -0.384. The largest absolute Gasteiger partial charge is 0.457 e. The van der Waals surface area contributed by atoms with Crippen LogP contribution < -0.4 is 10.1 Å². The molecule has 4 aromatic rings. The molecule has 0 saturated heterocycles. The van der Waals surface area contributed by atoms with Crippen molar-refractivity contribution in [2.24, 2.45) is 0 Å². The first-order chi connectivity index (χ1) is 15.6. The SMILES string of the molecule is O=C1NC2(c3ccccc3Oc3cccc(-c4ccccc4[N+](=O)[O-])c32)c2ccccc21. The van der Waals surface area contributed by atoms with E-state index >= 15 is 0 Å². The number of amides is 1. The van der Waals surface area contributed by atoms with Crippen LogP contribution in [-0.2, 0) is 5.54 Å². The maximum Gasteiger partial charge on any atom is 0.277 e. The van der Waals surface area contributed by atoms with Crippen molar-refractivity contribution in [2.45, 2.75) is 5.54 Å². The molecule has 0 aromatic heterocycles. The Kier molecular flexibility index (Phi) is 3.74. The minimum absolute atomic E-state index is 0.00693. The highest BCUT2D eigenvalue weighted by Crippen LogP contribution is 2.56. The lowest BCUT2D eigenvalue weighted by Gasteiger charge is -2.39. The Labute approximate surface area is 183 Å². The van der Waals surface area contributed by atoms with E-state index in [1.807, 2.05) is 60.7 Å². The summed E-state index contributed by atoms with van der Waals surface area (Å²) in [5.41, 5.74) is 2.92. The summed E-state index contributed by atoms with van der Waals surface area (Å²) in [7, 11) is 0. The number of nitro benzene ring substituents is 1. The van der Waals surface area contributed by atoms with Gasteiger partial charge in [0.25, 0.3) is 11.6 Å². The molecule has 2 heterocycles. The van der Waals surface area contributed by atoms with Crippen molar-refractivity contribution in [3.05, 3.63) is 123 Å². The molecule has 0 fully saturated rings. The number of hydrogen-bond donors (Lipinski definition) is 1. The van der Waals surface area contributed by atoms with Gasteiger partial charge in [-0.05, 0) is 35.4 Å². The maximum absolute atomic E-state index is 13.1. The lowest BCUT2D eigenvalue weighted by Crippen LogP contribution is -2.44. The first-order valence-electron chi connectivity index (χ1n) is 10.2. The quantitative estimate of drug-likeness (QED) is 0.348. The molecule has 4 aromatic carbocycles. The van der Waals surface area contributed by atoms with E-state index in [1.54, 1.807) is 24.3 Å². The number of nitro groups is 1. The van der Waals surface area contributed by atoms with Crippen LogP contribution in [0.15, 0.2) is 91.0 Å². The van der Waals surface area contributed by atoms with Gasteiger partial charge in [0.1, 0.15) is 17.0 Å². The molecule has 1 unspecified atom stereocenters. The van der Waals surface area contributed by atoms with Crippen molar-refractivity contribution in [1.82, 2.24) is 5.32 Å². The summed E-state index contributed by atoms with van der Waals surface area (Å²) in [5, 5.41) is 15.0. The number of carbonyl (C=O) groups excluding carboxylic acids is 1. The number of fused-ring (bicyclic) bond motifs is 6. The Bertz CT molecular complexity index is 1450. The molecule has 1 N–H and O–H groups in total. The summed E-state index contributed by atoms with van der Waals surface area (Å²) in [4.78, 5) is 24.6. The summed E-state index contributed by atoms with van der Waals surface area (Å²) >= 11 is 0. The van der Waals surface area contributed by atoms with Crippen LogP contribution in [0.1, 0.15) is 27.0 Å². The summed E-state index contributed by atoms with van der Waals surface area (Å²) in [5.74, 6) is 0.994. The van der Waals surface area contributed by atoms with E-state index in [0.717, 1.165) is 11.1 Å². The zero-order valence-corrected chi connectivity index (χ0v) is 16.7. The molecule has 2 aliphatic rings. The molecule has 154 valence electrons. The first kappa shape index (κ1) is 18.3. The van der Waals surface area contributed by atoms with E-state index in [9.17, 15) is 14.9 Å². The molecule has 2 aliphatic heterocycles. The highest BCUT2D eigenvalue weighted by molar-refractivity contribution is 6.03. The Balaban J connectivity index is 1.76. The van der Waals surface area contributed by atoms with Crippen LogP contribution in [0.25, 0.3) is 11.1 Å². The van der Waals surface area contributed by atoms with Crippen LogP contribution in [-0.4, -0.2) is 10.8 Å². The van der Waals surface area contributed by atoms with E-state index < -0.39 is 5.54 Å². The van der Waals surface area contributed by atoms with Gasteiger partial charge in [0, 0.05) is 22.8 Å². The summed E-state index contributed by atoms with van der Waals surface area (Å²) < 4.78 is 6.26. The predicted molar refractivity (Wildman–Crippen MR) is 119 cm³/mol. The van der Waals surface area contributed by atoms with Crippen molar-refractivity contribution < 1.29 is 14.5 Å². The third-order valence-electron chi connectivity index (χ3n) is 6.18. The Morgan fingerprint density at radius 1 is 0.719 bits per heavy atom. The summed E-state index contributed by atoms with van der Waals surface area (Å²) in [6.07, 6.45) is 0. The average molecular weight is 420 g/mol. The molecule has 6 heteroatoms. The normalized spacial score (nSPS) is 17.7. The number of nitrogens with zero attached hydrogens (tertiary/aromatic N) is 1. The highest BCUT2D eigenvalue weighted by Gasteiger charge is 2.52. The van der Waals surface area contributed by atoms with Crippen molar-refractivity contribution in [1.29, 1.82) is 0 Å². The minimum Gasteiger partial charge on any atom is -0.457 e. The Morgan fingerprint density at radius 2 is 1.34 bits per heavy atom. The number of para-hydroxylation sites is 2. The van der Waals surface area contributed by atoms with Crippen LogP contribution in [0, 0.1) is 10.1 Å². The Hall–Kier alpha value is -4.45. The number of carbonyl (C=O) groups is 1. The van der Waals surface area contributed by atoms with Gasteiger partial charge in [-0.3, -0.25) is 14.9 Å². The lowest BCUT2D eigenvalue weighted by atomic mass is 9.73. The number of benzene rings is 4. The van der Waals surface area contributed by atoms with Gasteiger partial charge in [-0.25, -0.2) is 0 Å². The van der Waals surface area contributed by atoms with Gasteiger partial charge in [0.05, 0.1) is 10.5 Å². The second-order valence-electron chi connectivity index (χ2n) is 7.80. The van der Waals surface area contributed by atoms with Crippen LogP contribution in [0.3, 0.4) is 0 Å². The zero-order valence-electron chi connectivity index (χ0n) is 16.7. The van der Waals surface area contributed by atoms with Crippen molar-refractivity contribution in [2.75, 3.05) is 0 Å². The van der Waals surface area contributed by atoms with E-state index in [1.165, 1.54) is 6.07 Å². The van der Waals surface area contributed by atoms with E-state index in [0.29, 0.717) is 33.8 Å². The second kappa shape index (κ2) is 6.52. The topological polar surface area (TPSA) is 81.5 Å². The predicted octanol–water partition coefficient (Wildman–Crippen LogP) is 5.40. The monoisotopic (exact) mass is 420 g/mol. The second-order valence-corrected chi connectivity index (χ2v) is 7.80. The fourth-order valence-corrected chi connectivity index (χ4v) is 4.93. The molecule has 6 rings (SSSR count). The molecule has 6 nitrogen and oxygen atoms in total. The van der Waals surface area contributed by atoms with Gasteiger partial charge in [-0.1, -0.05) is 60.7 Å². The molecule has 0 saturated carbocycles. The molecule has 0 bridgehead atoms. The fraction of sp³-hybridized carbons (Fsp3) is 0.0385. The molecule has 0 radical (unpaired) electrons. The standard InChI is InChI=1S/C26H16N2O4/c29-25-18-9-1-3-11-19(18)26(27-25)20-12-4-6-14-22(20)32-23-15-7-10-17(24(23)26)16-8-2-5-13-21(16)28(30)31/h1-15H,(H,27,29). The fourth-order valence-electron chi connectivity index (χ4n) is 4.93. The van der Waals surface area contributed by atoms with Crippen molar-refractivity contribution in [3.8, 4) is 22.6 Å². The number of ether oxygens (including phenoxy) is 1. The van der Waals surface area contributed by atoms with Crippen LogP contribution >= 0.6 is 0 Å². The van der Waals surface area contributed by atoms with Crippen molar-refractivity contribution >= 4 is 11.6 Å². The van der Waals surface area contributed by atoms with Crippen LogP contribution in [0.4, 0.5) is 5.69 Å². The van der Waals surface area contributed by atoms with Crippen LogP contribution in [0.2, 0.25) is 0 Å². The minimum atomic E-state index is -1.03. The van der Waals surface area contributed by atoms with E-state index in [4.69, 9.17) is 4.74 Å². The van der Waals surface area contributed by atoms with Gasteiger partial charge < -0.3 is 10.1 Å².